The van der Waals surface area contributed by atoms with Crippen molar-refractivity contribution >= 4 is 0 Å². The van der Waals surface area contributed by atoms with Gasteiger partial charge in [0.15, 0.2) is 0 Å². The Balaban J connectivity index is 2.41. The minimum atomic E-state index is 0.888. The maximum Gasteiger partial charge on any atom is 0.0869 e. The number of piperidine rings is 1. The molecule has 1 saturated heterocycles. The Morgan fingerprint density at radius 3 is 2.44 bits per heavy atom. The smallest absolute Gasteiger partial charge is 0.0869 e. The maximum absolute atomic E-state index is 2.37. The molecule has 0 aliphatic carbocycles. The molecule has 0 aromatic rings. The van der Waals surface area contributed by atoms with Gasteiger partial charge in [0.1, 0.15) is 0 Å². The van der Waals surface area contributed by atoms with Crippen LogP contribution >= 0.6 is 0 Å². The van der Waals surface area contributed by atoms with E-state index in [1.165, 1.54) is 19.4 Å². The van der Waals surface area contributed by atoms with Gasteiger partial charge in [0.2, 0.25) is 0 Å². The van der Waals surface area contributed by atoms with Crippen molar-refractivity contribution < 1.29 is 4.90 Å². The van der Waals surface area contributed by atoms with Crippen LogP contribution < -0.4 is 4.90 Å². The Morgan fingerprint density at radius 2 is 2.00 bits per heavy atom. The molecule has 1 aliphatic rings. The molecule has 1 rings (SSSR count). The summed E-state index contributed by atoms with van der Waals surface area (Å²) in [6.07, 6.45) is 2.87. The van der Waals surface area contributed by atoms with Gasteiger partial charge in [-0.25, -0.2) is 0 Å². The van der Waals surface area contributed by atoms with Gasteiger partial charge < -0.3 is 4.90 Å². The van der Waals surface area contributed by atoms with Crippen LogP contribution in [0.15, 0.2) is 0 Å². The molecule has 1 aliphatic heterocycles. The number of likely N-dealkylation sites (tertiary alicyclic amines) is 1. The molecule has 1 fully saturated rings. The fraction of sp³-hybridized carbons (Fsp3) is 1.00. The van der Waals surface area contributed by atoms with E-state index in [1.54, 1.807) is 4.90 Å². The molecule has 0 radical (unpaired) electrons. The Hall–Kier alpha value is -0.0400. The van der Waals surface area contributed by atoms with E-state index in [2.05, 4.69) is 20.9 Å². The number of quaternary nitrogens is 1. The summed E-state index contributed by atoms with van der Waals surface area (Å²) in [6, 6.07) is 0.888. The van der Waals surface area contributed by atoms with Gasteiger partial charge in [-0.1, -0.05) is 6.92 Å². The van der Waals surface area contributed by atoms with Crippen LogP contribution in [0.1, 0.15) is 26.7 Å². The summed E-state index contributed by atoms with van der Waals surface area (Å²) in [6.45, 7) is 6.11. The first kappa shape index (κ1) is 7.07. The molecular formula is C8H18N+. The van der Waals surface area contributed by atoms with Gasteiger partial charge in [-0.15, -0.1) is 0 Å². The summed E-state index contributed by atoms with van der Waals surface area (Å²) >= 11 is 0. The first-order chi connectivity index (χ1) is 4.22. The molecule has 1 unspecified atom stereocenters. The SMILES string of the molecule is C[C@@H]1[C@@H](C)CCC[NH+]1C. The van der Waals surface area contributed by atoms with Crippen molar-refractivity contribution in [1.82, 2.24) is 0 Å². The predicted octanol–water partition coefficient (Wildman–Crippen LogP) is 0.319. The zero-order valence-corrected chi connectivity index (χ0v) is 6.78. The molecule has 1 nitrogen and oxygen atoms in total. The van der Waals surface area contributed by atoms with Crippen LogP contribution in [0.4, 0.5) is 0 Å². The van der Waals surface area contributed by atoms with Gasteiger partial charge >= 0.3 is 0 Å². The highest BCUT2D eigenvalue weighted by molar-refractivity contribution is 4.63. The average molecular weight is 128 g/mol. The summed E-state index contributed by atoms with van der Waals surface area (Å²) < 4.78 is 0. The lowest BCUT2D eigenvalue weighted by Gasteiger charge is -2.31. The van der Waals surface area contributed by atoms with E-state index in [9.17, 15) is 0 Å². The van der Waals surface area contributed by atoms with Gasteiger partial charge in [0, 0.05) is 5.92 Å². The van der Waals surface area contributed by atoms with Crippen LogP contribution in [0, 0.1) is 5.92 Å². The second-order valence-electron chi connectivity index (χ2n) is 3.50. The van der Waals surface area contributed by atoms with Crippen LogP contribution in [0.2, 0.25) is 0 Å². The fourth-order valence-electron chi connectivity index (χ4n) is 1.67. The highest BCUT2D eigenvalue weighted by Crippen LogP contribution is 2.10. The third kappa shape index (κ3) is 1.45. The second-order valence-corrected chi connectivity index (χ2v) is 3.50. The minimum absolute atomic E-state index is 0.888. The molecular weight excluding hydrogens is 110 g/mol. The third-order valence-corrected chi connectivity index (χ3v) is 2.86. The van der Waals surface area contributed by atoms with Crippen LogP contribution in [0.25, 0.3) is 0 Å². The number of hydrogen-bond acceptors (Lipinski definition) is 0. The van der Waals surface area contributed by atoms with Crippen LogP contribution in [0.3, 0.4) is 0 Å². The Labute approximate surface area is 58.0 Å². The van der Waals surface area contributed by atoms with E-state index < -0.39 is 0 Å². The minimum Gasteiger partial charge on any atom is -0.335 e. The molecule has 0 aromatic heterocycles. The van der Waals surface area contributed by atoms with Gasteiger partial charge in [-0.3, -0.25) is 0 Å². The monoisotopic (exact) mass is 128 g/mol. The topological polar surface area (TPSA) is 4.44 Å². The normalized spacial score (nSPS) is 45.0. The van der Waals surface area contributed by atoms with Crippen LogP contribution in [-0.4, -0.2) is 19.6 Å². The zero-order chi connectivity index (χ0) is 6.85. The van der Waals surface area contributed by atoms with Gasteiger partial charge in [-0.05, 0) is 19.8 Å². The molecule has 3 atom stereocenters. The molecule has 54 valence electrons. The van der Waals surface area contributed by atoms with Gasteiger partial charge in [0.05, 0.1) is 19.6 Å². The lowest BCUT2D eigenvalue weighted by Crippen LogP contribution is -3.14. The molecule has 1 heterocycles. The lowest BCUT2D eigenvalue weighted by atomic mass is 9.93. The first-order valence-corrected chi connectivity index (χ1v) is 4.04. The molecule has 0 aromatic carbocycles. The molecule has 9 heavy (non-hydrogen) atoms. The average Bonchev–Trinajstić information content (AvgIpc) is 1.83. The summed E-state index contributed by atoms with van der Waals surface area (Å²) in [5.41, 5.74) is 0. The highest BCUT2D eigenvalue weighted by atomic mass is 15.1. The molecule has 1 heteroatoms. The molecule has 0 bridgehead atoms. The molecule has 1 N–H and O–H groups in total. The number of nitrogens with one attached hydrogen (secondary N) is 1. The standard InChI is InChI=1S/C8H17N/c1-7-5-4-6-9(3)8(7)2/h7-8H,4-6H2,1-3H3/p+1/t7-,8+/m0/s1. The van der Waals surface area contributed by atoms with E-state index in [0.29, 0.717) is 0 Å². The number of rotatable bonds is 0. The van der Waals surface area contributed by atoms with Crippen molar-refractivity contribution in [2.75, 3.05) is 13.6 Å². The quantitative estimate of drug-likeness (QED) is 0.479. The lowest BCUT2D eigenvalue weighted by molar-refractivity contribution is -0.913. The largest absolute Gasteiger partial charge is 0.335 e. The summed E-state index contributed by atoms with van der Waals surface area (Å²) in [5, 5.41) is 0. The maximum atomic E-state index is 2.37. The second kappa shape index (κ2) is 2.70. The summed E-state index contributed by atoms with van der Waals surface area (Å²) in [7, 11) is 2.31. The third-order valence-electron chi connectivity index (χ3n) is 2.86. The molecule has 0 spiro atoms. The van der Waals surface area contributed by atoms with Crippen molar-refractivity contribution in [2.45, 2.75) is 32.7 Å². The molecule has 0 saturated carbocycles. The van der Waals surface area contributed by atoms with Crippen molar-refractivity contribution in [3.8, 4) is 0 Å². The summed E-state index contributed by atoms with van der Waals surface area (Å²) in [5.74, 6) is 0.943. The Bertz CT molecular complexity index is 80.6. The van der Waals surface area contributed by atoms with Gasteiger partial charge in [0.25, 0.3) is 0 Å². The van der Waals surface area contributed by atoms with E-state index in [1.807, 2.05) is 0 Å². The predicted molar refractivity (Wildman–Crippen MR) is 39.6 cm³/mol. The van der Waals surface area contributed by atoms with E-state index in [4.69, 9.17) is 0 Å². The van der Waals surface area contributed by atoms with E-state index >= 15 is 0 Å². The van der Waals surface area contributed by atoms with E-state index in [-0.39, 0.29) is 0 Å². The highest BCUT2D eigenvalue weighted by Gasteiger charge is 2.24. The Kier molecular flexibility index (Phi) is 2.12. The fourth-order valence-corrected chi connectivity index (χ4v) is 1.67. The Morgan fingerprint density at radius 1 is 1.33 bits per heavy atom. The van der Waals surface area contributed by atoms with Crippen LogP contribution in [-0.2, 0) is 0 Å². The molecule has 0 amide bonds. The zero-order valence-electron chi connectivity index (χ0n) is 6.78. The van der Waals surface area contributed by atoms with Crippen molar-refractivity contribution in [2.24, 2.45) is 5.92 Å². The van der Waals surface area contributed by atoms with Crippen molar-refractivity contribution in [3.05, 3.63) is 0 Å². The number of hydrogen-bond donors (Lipinski definition) is 1. The van der Waals surface area contributed by atoms with Crippen LogP contribution in [0.5, 0.6) is 0 Å². The first-order valence-electron chi connectivity index (χ1n) is 4.04. The van der Waals surface area contributed by atoms with E-state index in [0.717, 1.165) is 12.0 Å². The van der Waals surface area contributed by atoms with Crippen molar-refractivity contribution in [3.63, 3.8) is 0 Å². The van der Waals surface area contributed by atoms with Gasteiger partial charge in [-0.2, -0.15) is 0 Å². The van der Waals surface area contributed by atoms with Crippen molar-refractivity contribution in [1.29, 1.82) is 0 Å². The summed E-state index contributed by atoms with van der Waals surface area (Å²) in [4.78, 5) is 1.72.